The highest BCUT2D eigenvalue weighted by atomic mass is 79.9. The summed E-state index contributed by atoms with van der Waals surface area (Å²) in [5.74, 6) is -1.30. The Kier molecular flexibility index (Phi) is 4.72. The number of carboxylic acids is 1. The predicted octanol–water partition coefficient (Wildman–Crippen LogP) is 1.61. The van der Waals surface area contributed by atoms with Crippen LogP contribution in [0, 0.1) is 0 Å². The number of hydrogen-bond donors (Lipinski definition) is 1. The number of aromatic nitrogens is 1. The smallest absolute Gasteiger partial charge is 0.335 e. The first-order valence-electron chi connectivity index (χ1n) is 6.30. The van der Waals surface area contributed by atoms with Crippen molar-refractivity contribution in [1.29, 1.82) is 0 Å². The van der Waals surface area contributed by atoms with E-state index < -0.39 is 18.1 Å². The summed E-state index contributed by atoms with van der Waals surface area (Å²) in [6.07, 6.45) is 1.23. The summed E-state index contributed by atoms with van der Waals surface area (Å²) in [5.41, 5.74) is 0.516. The molecule has 1 aromatic heterocycles. The van der Waals surface area contributed by atoms with Gasteiger partial charge in [0.15, 0.2) is 6.10 Å². The van der Waals surface area contributed by atoms with Crippen molar-refractivity contribution in [2.75, 3.05) is 13.2 Å². The Morgan fingerprint density at radius 1 is 1.60 bits per heavy atom. The van der Waals surface area contributed by atoms with Gasteiger partial charge in [-0.1, -0.05) is 6.92 Å². The third-order valence-corrected chi connectivity index (χ3v) is 3.56. The van der Waals surface area contributed by atoms with E-state index in [2.05, 4.69) is 20.9 Å². The van der Waals surface area contributed by atoms with Crippen molar-refractivity contribution in [3.63, 3.8) is 0 Å². The van der Waals surface area contributed by atoms with Gasteiger partial charge in [0.05, 0.1) is 5.69 Å². The van der Waals surface area contributed by atoms with Crippen LogP contribution in [-0.2, 0) is 14.3 Å². The van der Waals surface area contributed by atoms with E-state index in [9.17, 15) is 14.7 Å². The molecule has 1 saturated heterocycles. The maximum absolute atomic E-state index is 12.0. The molecule has 1 amide bonds. The number of ether oxygens (including phenoxy) is 1. The number of carboxylic acid groups (broad SMARTS) is 1. The van der Waals surface area contributed by atoms with Gasteiger partial charge in [0.2, 0.25) is 5.91 Å². The van der Waals surface area contributed by atoms with Crippen LogP contribution in [0.5, 0.6) is 0 Å². The Morgan fingerprint density at radius 3 is 2.90 bits per heavy atom. The summed E-state index contributed by atoms with van der Waals surface area (Å²) in [5, 5.41) is 9.30. The van der Waals surface area contributed by atoms with Gasteiger partial charge in [-0.15, -0.1) is 0 Å². The van der Waals surface area contributed by atoms with Crippen molar-refractivity contribution in [3.8, 4) is 0 Å². The van der Waals surface area contributed by atoms with Gasteiger partial charge in [0.1, 0.15) is 12.6 Å². The van der Waals surface area contributed by atoms with Crippen LogP contribution in [0.2, 0.25) is 0 Å². The van der Waals surface area contributed by atoms with E-state index in [-0.39, 0.29) is 12.5 Å². The first-order chi connectivity index (χ1) is 9.54. The first-order valence-corrected chi connectivity index (χ1v) is 7.09. The second-order valence-electron chi connectivity index (χ2n) is 4.50. The number of nitrogens with zero attached hydrogens (tertiary/aromatic N) is 2. The third kappa shape index (κ3) is 2.99. The lowest BCUT2D eigenvalue weighted by molar-refractivity contribution is -0.173. The average molecular weight is 343 g/mol. The topological polar surface area (TPSA) is 79.7 Å². The molecule has 1 fully saturated rings. The molecule has 6 nitrogen and oxygen atoms in total. The highest BCUT2D eigenvalue weighted by Crippen LogP contribution is 2.30. The van der Waals surface area contributed by atoms with Crippen molar-refractivity contribution < 1.29 is 19.4 Å². The number of carbonyl (C=O) groups excluding carboxylic acids is 1. The SMILES string of the molecule is CCCN1C(=O)COC(C(=O)O)C1c1ccc(Br)cn1. The highest BCUT2D eigenvalue weighted by Gasteiger charge is 2.42. The highest BCUT2D eigenvalue weighted by molar-refractivity contribution is 9.10. The molecule has 2 heterocycles. The van der Waals surface area contributed by atoms with Crippen molar-refractivity contribution >= 4 is 27.8 Å². The molecule has 0 aromatic carbocycles. The van der Waals surface area contributed by atoms with Crippen LogP contribution in [0.4, 0.5) is 0 Å². The van der Waals surface area contributed by atoms with Crippen LogP contribution in [0.25, 0.3) is 0 Å². The van der Waals surface area contributed by atoms with E-state index in [0.717, 1.165) is 10.9 Å². The molecule has 108 valence electrons. The quantitative estimate of drug-likeness (QED) is 0.898. The van der Waals surface area contributed by atoms with Crippen LogP contribution in [0.15, 0.2) is 22.8 Å². The molecule has 2 atom stereocenters. The lowest BCUT2D eigenvalue weighted by Crippen LogP contribution is -2.52. The lowest BCUT2D eigenvalue weighted by Gasteiger charge is -2.38. The minimum Gasteiger partial charge on any atom is -0.479 e. The summed E-state index contributed by atoms with van der Waals surface area (Å²) in [4.78, 5) is 29.1. The zero-order chi connectivity index (χ0) is 14.7. The molecule has 0 radical (unpaired) electrons. The van der Waals surface area contributed by atoms with Crippen molar-refractivity contribution in [3.05, 3.63) is 28.5 Å². The molecular weight excluding hydrogens is 328 g/mol. The van der Waals surface area contributed by atoms with E-state index >= 15 is 0 Å². The van der Waals surface area contributed by atoms with E-state index in [1.165, 1.54) is 0 Å². The van der Waals surface area contributed by atoms with Gasteiger partial charge in [-0.05, 0) is 34.5 Å². The normalized spacial score (nSPS) is 22.9. The van der Waals surface area contributed by atoms with Crippen molar-refractivity contribution in [2.45, 2.75) is 25.5 Å². The summed E-state index contributed by atoms with van der Waals surface area (Å²) in [6.45, 7) is 2.21. The zero-order valence-corrected chi connectivity index (χ0v) is 12.5. The largest absolute Gasteiger partial charge is 0.479 e. The van der Waals surface area contributed by atoms with Gasteiger partial charge in [-0.25, -0.2) is 4.79 Å². The first kappa shape index (κ1) is 14.9. The number of hydrogen-bond acceptors (Lipinski definition) is 4. The van der Waals surface area contributed by atoms with Gasteiger partial charge in [0.25, 0.3) is 0 Å². The second kappa shape index (κ2) is 6.32. The van der Waals surface area contributed by atoms with E-state index in [1.807, 2.05) is 6.92 Å². The van der Waals surface area contributed by atoms with Gasteiger partial charge < -0.3 is 14.7 Å². The molecular formula is C13H15BrN2O4. The fraction of sp³-hybridized carbons (Fsp3) is 0.462. The summed E-state index contributed by atoms with van der Waals surface area (Å²) >= 11 is 3.28. The average Bonchev–Trinajstić information content (AvgIpc) is 2.42. The van der Waals surface area contributed by atoms with Crippen LogP contribution >= 0.6 is 15.9 Å². The number of halogens is 1. The Balaban J connectivity index is 2.39. The van der Waals surface area contributed by atoms with E-state index in [1.54, 1.807) is 23.2 Å². The van der Waals surface area contributed by atoms with Crippen LogP contribution < -0.4 is 0 Å². The standard InChI is InChI=1S/C13H15BrN2O4/c1-2-5-16-10(17)7-20-12(13(18)19)11(16)9-4-3-8(14)6-15-9/h3-4,6,11-12H,2,5,7H2,1H3,(H,18,19). The number of pyridine rings is 1. The van der Waals surface area contributed by atoms with Crippen LogP contribution in [-0.4, -0.2) is 46.1 Å². The molecule has 1 aromatic rings. The predicted molar refractivity (Wildman–Crippen MR) is 74.1 cm³/mol. The number of amides is 1. The molecule has 0 aliphatic carbocycles. The monoisotopic (exact) mass is 342 g/mol. The van der Waals surface area contributed by atoms with Crippen LogP contribution in [0.1, 0.15) is 25.1 Å². The number of aliphatic carboxylic acids is 1. The molecule has 7 heteroatoms. The van der Waals surface area contributed by atoms with E-state index in [4.69, 9.17) is 4.74 Å². The minimum atomic E-state index is -1.09. The molecule has 1 aliphatic rings. The maximum Gasteiger partial charge on any atom is 0.335 e. The maximum atomic E-state index is 12.0. The molecule has 0 bridgehead atoms. The Bertz CT molecular complexity index is 506. The summed E-state index contributed by atoms with van der Waals surface area (Å²) in [7, 11) is 0. The fourth-order valence-electron chi connectivity index (χ4n) is 2.24. The Labute approximate surface area is 124 Å². The molecule has 1 aliphatic heterocycles. The Morgan fingerprint density at radius 2 is 2.35 bits per heavy atom. The third-order valence-electron chi connectivity index (χ3n) is 3.09. The molecule has 0 spiro atoms. The molecule has 20 heavy (non-hydrogen) atoms. The summed E-state index contributed by atoms with van der Waals surface area (Å²) < 4.78 is 5.97. The van der Waals surface area contributed by atoms with Crippen molar-refractivity contribution in [2.24, 2.45) is 0 Å². The minimum absolute atomic E-state index is 0.204. The lowest BCUT2D eigenvalue weighted by atomic mass is 10.0. The summed E-state index contributed by atoms with van der Waals surface area (Å²) in [6, 6.07) is 2.78. The molecule has 1 N–H and O–H groups in total. The molecule has 2 unspecified atom stereocenters. The van der Waals surface area contributed by atoms with Crippen LogP contribution in [0.3, 0.4) is 0 Å². The van der Waals surface area contributed by atoms with Gasteiger partial charge in [-0.2, -0.15) is 0 Å². The molecule has 0 saturated carbocycles. The zero-order valence-electron chi connectivity index (χ0n) is 11.0. The van der Waals surface area contributed by atoms with Crippen molar-refractivity contribution in [1.82, 2.24) is 9.88 Å². The number of morpholine rings is 1. The fourth-order valence-corrected chi connectivity index (χ4v) is 2.48. The second-order valence-corrected chi connectivity index (χ2v) is 5.42. The van der Waals surface area contributed by atoms with Gasteiger partial charge >= 0.3 is 5.97 Å². The van der Waals surface area contributed by atoms with Gasteiger partial charge in [-0.3, -0.25) is 9.78 Å². The van der Waals surface area contributed by atoms with E-state index in [0.29, 0.717) is 12.2 Å². The van der Waals surface area contributed by atoms with Gasteiger partial charge in [0, 0.05) is 17.2 Å². The number of rotatable bonds is 4. The molecule has 2 rings (SSSR count). The number of carbonyl (C=O) groups is 2. The Hall–Kier alpha value is -1.47.